The first-order chi connectivity index (χ1) is 10.1. The van der Waals surface area contributed by atoms with Gasteiger partial charge in [0.25, 0.3) is 11.7 Å². The van der Waals surface area contributed by atoms with Crippen molar-refractivity contribution in [1.82, 2.24) is 0 Å². The Morgan fingerprint density at radius 3 is 2.71 bits per heavy atom. The number of hydrogen-bond acceptors (Lipinski definition) is 4. The Balaban J connectivity index is 1.80. The molecule has 0 atom stereocenters. The molecule has 2 aliphatic rings. The van der Waals surface area contributed by atoms with Crippen molar-refractivity contribution < 1.29 is 18.7 Å². The van der Waals surface area contributed by atoms with Crippen LogP contribution in [0.25, 0.3) is 0 Å². The standard InChI is InChI=1S/C15H17FN2O3/c1-2-21-9-3-5-18(6-4-9)13-8-12-10(7-11(13)16)14(19)15(20)17-12/h7-9H,2-6H2,1H3,(H,17,19,20). The fraction of sp³-hybridized carbons (Fsp3) is 0.467. The first kappa shape index (κ1) is 14.0. The lowest BCUT2D eigenvalue weighted by Crippen LogP contribution is -2.37. The summed E-state index contributed by atoms with van der Waals surface area (Å²) in [4.78, 5) is 24.8. The van der Waals surface area contributed by atoms with E-state index in [-0.39, 0.29) is 11.7 Å². The van der Waals surface area contributed by atoms with Gasteiger partial charge in [-0.25, -0.2) is 4.39 Å². The third kappa shape index (κ3) is 2.51. The monoisotopic (exact) mass is 292 g/mol. The van der Waals surface area contributed by atoms with E-state index >= 15 is 0 Å². The summed E-state index contributed by atoms with van der Waals surface area (Å²) in [5.41, 5.74) is 0.942. The number of hydrogen-bond donors (Lipinski definition) is 1. The number of carbonyl (C=O) groups excluding carboxylic acids is 2. The van der Waals surface area contributed by atoms with Gasteiger partial charge in [-0.05, 0) is 31.9 Å². The molecule has 1 amide bonds. The third-order valence-corrected chi connectivity index (χ3v) is 3.97. The van der Waals surface area contributed by atoms with Gasteiger partial charge < -0.3 is 15.0 Å². The van der Waals surface area contributed by atoms with Crippen LogP contribution < -0.4 is 10.2 Å². The van der Waals surface area contributed by atoms with Gasteiger partial charge in [0.15, 0.2) is 0 Å². The molecule has 1 aromatic carbocycles. The second-order valence-corrected chi connectivity index (χ2v) is 5.27. The first-order valence-electron chi connectivity index (χ1n) is 7.16. The molecule has 5 nitrogen and oxygen atoms in total. The van der Waals surface area contributed by atoms with Crippen LogP contribution in [-0.4, -0.2) is 37.5 Å². The average molecular weight is 292 g/mol. The van der Waals surface area contributed by atoms with Crippen LogP contribution in [0.2, 0.25) is 0 Å². The summed E-state index contributed by atoms with van der Waals surface area (Å²) >= 11 is 0. The molecule has 0 aliphatic carbocycles. The van der Waals surface area contributed by atoms with Crippen LogP contribution in [0.1, 0.15) is 30.1 Å². The predicted octanol–water partition coefficient (Wildman–Crippen LogP) is 1.97. The Bertz CT molecular complexity index is 595. The van der Waals surface area contributed by atoms with Gasteiger partial charge in [0.1, 0.15) is 5.82 Å². The van der Waals surface area contributed by atoms with Crippen molar-refractivity contribution in [2.24, 2.45) is 0 Å². The molecular formula is C15H17FN2O3. The Morgan fingerprint density at radius 1 is 1.33 bits per heavy atom. The molecule has 2 heterocycles. The largest absolute Gasteiger partial charge is 0.378 e. The smallest absolute Gasteiger partial charge is 0.296 e. The Labute approximate surface area is 122 Å². The van der Waals surface area contributed by atoms with Crippen molar-refractivity contribution in [3.05, 3.63) is 23.5 Å². The molecular weight excluding hydrogens is 275 g/mol. The molecule has 0 aromatic heterocycles. The lowest BCUT2D eigenvalue weighted by molar-refractivity contribution is -0.112. The van der Waals surface area contributed by atoms with Crippen molar-refractivity contribution in [2.75, 3.05) is 29.9 Å². The van der Waals surface area contributed by atoms with E-state index in [1.807, 2.05) is 11.8 Å². The molecule has 2 aliphatic heterocycles. The van der Waals surface area contributed by atoms with E-state index < -0.39 is 17.5 Å². The summed E-state index contributed by atoms with van der Waals surface area (Å²) in [6.45, 7) is 4.04. The topological polar surface area (TPSA) is 58.6 Å². The van der Waals surface area contributed by atoms with Crippen LogP contribution in [0.3, 0.4) is 0 Å². The maximum atomic E-state index is 14.2. The average Bonchev–Trinajstić information content (AvgIpc) is 2.75. The second kappa shape index (κ2) is 5.44. The summed E-state index contributed by atoms with van der Waals surface area (Å²) < 4.78 is 19.8. The normalized spacial score (nSPS) is 18.9. The van der Waals surface area contributed by atoms with Crippen molar-refractivity contribution in [3.63, 3.8) is 0 Å². The van der Waals surface area contributed by atoms with E-state index in [1.165, 1.54) is 0 Å². The van der Waals surface area contributed by atoms with Crippen LogP contribution in [-0.2, 0) is 9.53 Å². The highest BCUT2D eigenvalue weighted by Crippen LogP contribution is 2.32. The highest BCUT2D eigenvalue weighted by atomic mass is 19.1. The Hall–Kier alpha value is -1.95. The number of ketones is 1. The van der Waals surface area contributed by atoms with Crippen molar-refractivity contribution in [2.45, 2.75) is 25.9 Å². The molecule has 0 bridgehead atoms. The summed E-state index contributed by atoms with van der Waals surface area (Å²) in [5.74, 6) is -1.84. The molecule has 1 N–H and O–H groups in total. The maximum Gasteiger partial charge on any atom is 0.296 e. The zero-order chi connectivity index (χ0) is 15.0. The summed E-state index contributed by atoms with van der Waals surface area (Å²) in [7, 11) is 0. The number of anilines is 2. The summed E-state index contributed by atoms with van der Waals surface area (Å²) in [6, 6.07) is 2.70. The molecule has 1 fully saturated rings. The molecule has 1 saturated heterocycles. The number of halogens is 1. The van der Waals surface area contributed by atoms with Crippen LogP contribution >= 0.6 is 0 Å². The SMILES string of the molecule is CCOC1CCN(c2cc3c(cc2F)C(=O)C(=O)N3)CC1. The van der Waals surface area contributed by atoms with Gasteiger partial charge in [0.2, 0.25) is 0 Å². The fourth-order valence-corrected chi connectivity index (χ4v) is 2.90. The van der Waals surface area contributed by atoms with Gasteiger partial charge in [-0.3, -0.25) is 9.59 Å². The molecule has 0 saturated carbocycles. The third-order valence-electron chi connectivity index (χ3n) is 3.97. The van der Waals surface area contributed by atoms with Gasteiger partial charge in [0, 0.05) is 19.7 Å². The molecule has 6 heteroatoms. The highest BCUT2D eigenvalue weighted by Gasteiger charge is 2.31. The Kier molecular flexibility index (Phi) is 3.63. The number of fused-ring (bicyclic) bond motifs is 1. The minimum absolute atomic E-state index is 0.116. The van der Waals surface area contributed by atoms with E-state index in [0.717, 1.165) is 18.9 Å². The van der Waals surface area contributed by atoms with E-state index in [2.05, 4.69) is 5.32 Å². The first-order valence-corrected chi connectivity index (χ1v) is 7.16. The number of benzene rings is 1. The molecule has 0 unspecified atom stereocenters. The van der Waals surface area contributed by atoms with Crippen LogP contribution in [0.4, 0.5) is 15.8 Å². The van der Waals surface area contributed by atoms with E-state index in [0.29, 0.717) is 31.1 Å². The minimum Gasteiger partial charge on any atom is -0.378 e. The number of Topliss-reactive ketones (excluding diaryl/α,β-unsaturated/α-hetero) is 1. The number of carbonyl (C=O) groups is 2. The zero-order valence-corrected chi connectivity index (χ0v) is 11.8. The molecule has 112 valence electrons. The molecule has 3 rings (SSSR count). The fourth-order valence-electron chi connectivity index (χ4n) is 2.90. The number of ether oxygens (including phenoxy) is 1. The number of rotatable bonds is 3. The van der Waals surface area contributed by atoms with Crippen molar-refractivity contribution in [1.29, 1.82) is 0 Å². The quantitative estimate of drug-likeness (QED) is 0.865. The lowest BCUT2D eigenvalue weighted by atomic mass is 10.1. The zero-order valence-electron chi connectivity index (χ0n) is 11.8. The van der Waals surface area contributed by atoms with Crippen LogP contribution in [0.15, 0.2) is 12.1 Å². The Morgan fingerprint density at radius 2 is 2.05 bits per heavy atom. The molecule has 1 aromatic rings. The van der Waals surface area contributed by atoms with Crippen LogP contribution in [0, 0.1) is 5.82 Å². The maximum absolute atomic E-state index is 14.2. The highest BCUT2D eigenvalue weighted by molar-refractivity contribution is 6.51. The van der Waals surface area contributed by atoms with Gasteiger partial charge >= 0.3 is 0 Å². The van der Waals surface area contributed by atoms with Crippen LogP contribution in [0.5, 0.6) is 0 Å². The van der Waals surface area contributed by atoms with E-state index in [1.54, 1.807) is 6.07 Å². The van der Waals surface area contributed by atoms with Gasteiger partial charge in [-0.2, -0.15) is 0 Å². The summed E-state index contributed by atoms with van der Waals surface area (Å²) in [6.07, 6.45) is 1.91. The van der Waals surface area contributed by atoms with Gasteiger partial charge in [0.05, 0.1) is 23.0 Å². The number of nitrogens with one attached hydrogen (secondary N) is 1. The van der Waals surface area contributed by atoms with E-state index in [9.17, 15) is 14.0 Å². The molecule has 0 spiro atoms. The van der Waals surface area contributed by atoms with Gasteiger partial charge in [-0.1, -0.05) is 0 Å². The number of nitrogens with zero attached hydrogens (tertiary/aromatic N) is 1. The van der Waals surface area contributed by atoms with Gasteiger partial charge in [-0.15, -0.1) is 0 Å². The van der Waals surface area contributed by atoms with Crippen molar-refractivity contribution >= 4 is 23.1 Å². The minimum atomic E-state index is -0.698. The second-order valence-electron chi connectivity index (χ2n) is 5.27. The van der Waals surface area contributed by atoms with E-state index in [4.69, 9.17) is 4.74 Å². The predicted molar refractivity (Wildman–Crippen MR) is 76.2 cm³/mol. The lowest BCUT2D eigenvalue weighted by Gasteiger charge is -2.33. The number of piperidine rings is 1. The number of amides is 1. The van der Waals surface area contributed by atoms with Crippen molar-refractivity contribution in [3.8, 4) is 0 Å². The summed E-state index contributed by atoms with van der Waals surface area (Å²) in [5, 5.41) is 2.48. The molecule has 21 heavy (non-hydrogen) atoms. The molecule has 0 radical (unpaired) electrons.